The topological polar surface area (TPSA) is 91.2 Å². The summed E-state index contributed by atoms with van der Waals surface area (Å²) in [5, 5.41) is 8.78. The molecule has 2 aromatic heterocycles. The molecule has 0 saturated carbocycles. The first-order valence-corrected chi connectivity index (χ1v) is 5.68. The van der Waals surface area contributed by atoms with Gasteiger partial charge in [0.2, 0.25) is 0 Å². The van der Waals surface area contributed by atoms with Gasteiger partial charge in [0.15, 0.2) is 0 Å². The van der Waals surface area contributed by atoms with Gasteiger partial charge in [-0.25, -0.2) is 4.98 Å². The smallest absolute Gasteiger partial charge is 0.323 e. The molecule has 0 saturated heterocycles. The molecule has 19 heavy (non-hydrogen) atoms. The van der Waals surface area contributed by atoms with Crippen molar-refractivity contribution in [1.29, 1.82) is 0 Å². The first-order valence-electron chi connectivity index (χ1n) is 5.68. The Morgan fingerprint density at radius 2 is 2.32 bits per heavy atom. The highest BCUT2D eigenvalue weighted by atomic mass is 16.4. The number of nitrogens with zero attached hydrogens (tertiary/aromatic N) is 3. The second-order valence-corrected chi connectivity index (χ2v) is 4.11. The lowest BCUT2D eigenvalue weighted by atomic mass is 10.3. The number of aromatic amines is 1. The second-order valence-electron chi connectivity index (χ2n) is 4.11. The Morgan fingerprint density at radius 1 is 1.53 bits per heavy atom. The van der Waals surface area contributed by atoms with Crippen LogP contribution < -0.4 is 0 Å². The largest absolute Gasteiger partial charge is 0.480 e. The molecule has 0 aliphatic rings. The number of carboxylic acid groups (broad SMARTS) is 1. The summed E-state index contributed by atoms with van der Waals surface area (Å²) in [6.07, 6.45) is 4.86. The van der Waals surface area contributed by atoms with Crippen LogP contribution in [0.2, 0.25) is 0 Å². The molecule has 0 aliphatic carbocycles. The number of H-pyrrole nitrogens is 1. The number of carboxylic acids is 1. The Balaban J connectivity index is 2.10. The van der Waals surface area contributed by atoms with Crippen molar-refractivity contribution < 1.29 is 14.7 Å². The Labute approximate surface area is 109 Å². The fourth-order valence-electron chi connectivity index (χ4n) is 1.77. The standard InChI is InChI=1S/C12H14N4O3/c1-15(7-10-13-4-5-14-10)12(19)9-3-2-6-16(9)8-11(17)18/h2-6H,7-8H2,1H3,(H,13,14)(H,17,18). The van der Waals surface area contributed by atoms with Crippen LogP contribution in [0.15, 0.2) is 30.7 Å². The van der Waals surface area contributed by atoms with Gasteiger partial charge in [-0.3, -0.25) is 9.59 Å². The number of rotatable bonds is 5. The van der Waals surface area contributed by atoms with Gasteiger partial charge in [-0.15, -0.1) is 0 Å². The van der Waals surface area contributed by atoms with Crippen LogP contribution in [0, 0.1) is 0 Å². The minimum atomic E-state index is -0.987. The predicted octanol–water partition coefficient (Wildman–Crippen LogP) is 0.568. The minimum Gasteiger partial charge on any atom is -0.480 e. The summed E-state index contributed by atoms with van der Waals surface area (Å²) in [6, 6.07) is 3.25. The molecule has 0 fully saturated rings. The molecule has 0 atom stereocenters. The van der Waals surface area contributed by atoms with E-state index in [1.54, 1.807) is 37.8 Å². The van der Waals surface area contributed by atoms with Gasteiger partial charge in [0.1, 0.15) is 18.1 Å². The number of hydrogen-bond acceptors (Lipinski definition) is 3. The van der Waals surface area contributed by atoms with Crippen LogP contribution in [0.1, 0.15) is 16.3 Å². The van der Waals surface area contributed by atoms with Crippen molar-refractivity contribution in [2.24, 2.45) is 0 Å². The fraction of sp³-hybridized carbons (Fsp3) is 0.250. The van der Waals surface area contributed by atoms with Crippen molar-refractivity contribution in [3.8, 4) is 0 Å². The van der Waals surface area contributed by atoms with E-state index in [2.05, 4.69) is 9.97 Å². The van der Waals surface area contributed by atoms with Crippen LogP contribution in [0.5, 0.6) is 0 Å². The molecule has 0 aliphatic heterocycles. The van der Waals surface area contributed by atoms with Gasteiger partial charge >= 0.3 is 5.97 Å². The molecule has 0 unspecified atom stereocenters. The average molecular weight is 262 g/mol. The van der Waals surface area contributed by atoms with E-state index in [1.165, 1.54) is 9.47 Å². The van der Waals surface area contributed by atoms with Crippen LogP contribution in [0.4, 0.5) is 0 Å². The van der Waals surface area contributed by atoms with Gasteiger partial charge in [-0.1, -0.05) is 0 Å². The number of aliphatic carboxylic acids is 1. The highest BCUT2D eigenvalue weighted by Crippen LogP contribution is 2.08. The number of carbonyl (C=O) groups is 2. The number of carbonyl (C=O) groups excluding carboxylic acids is 1. The molecule has 7 heteroatoms. The fourth-order valence-corrected chi connectivity index (χ4v) is 1.77. The SMILES string of the molecule is CN(Cc1ncc[nH]1)C(=O)c1cccn1CC(=O)O. The molecular weight excluding hydrogens is 248 g/mol. The van der Waals surface area contributed by atoms with Crippen molar-refractivity contribution in [3.05, 3.63) is 42.2 Å². The third kappa shape index (κ3) is 3.01. The molecule has 0 bridgehead atoms. The van der Waals surface area contributed by atoms with Crippen LogP contribution >= 0.6 is 0 Å². The number of hydrogen-bond donors (Lipinski definition) is 2. The van der Waals surface area contributed by atoms with Crippen molar-refractivity contribution in [3.63, 3.8) is 0 Å². The lowest BCUT2D eigenvalue weighted by Crippen LogP contribution is -2.29. The molecule has 0 radical (unpaired) electrons. The van der Waals surface area contributed by atoms with Crippen LogP contribution in [0.25, 0.3) is 0 Å². The number of nitrogens with one attached hydrogen (secondary N) is 1. The van der Waals surface area contributed by atoms with Gasteiger partial charge in [0, 0.05) is 25.6 Å². The summed E-state index contributed by atoms with van der Waals surface area (Å²) in [7, 11) is 1.64. The van der Waals surface area contributed by atoms with Crippen LogP contribution in [-0.2, 0) is 17.9 Å². The minimum absolute atomic E-state index is 0.233. The second kappa shape index (κ2) is 5.38. The molecule has 2 N–H and O–H groups in total. The number of aromatic nitrogens is 3. The van der Waals surface area contributed by atoms with Crippen LogP contribution in [-0.4, -0.2) is 43.5 Å². The third-order valence-electron chi connectivity index (χ3n) is 2.64. The summed E-state index contributed by atoms with van der Waals surface area (Å²) < 4.78 is 1.41. The van der Waals surface area contributed by atoms with E-state index in [4.69, 9.17) is 5.11 Å². The van der Waals surface area contributed by atoms with E-state index < -0.39 is 5.97 Å². The van der Waals surface area contributed by atoms with E-state index in [-0.39, 0.29) is 12.5 Å². The van der Waals surface area contributed by atoms with E-state index in [0.29, 0.717) is 18.1 Å². The summed E-state index contributed by atoms with van der Waals surface area (Å²) in [6.45, 7) is 0.104. The summed E-state index contributed by atoms with van der Waals surface area (Å²) in [4.78, 5) is 31.3. The van der Waals surface area contributed by atoms with Gasteiger partial charge in [0.25, 0.3) is 5.91 Å². The molecule has 7 nitrogen and oxygen atoms in total. The van der Waals surface area contributed by atoms with Gasteiger partial charge in [-0.2, -0.15) is 0 Å². The monoisotopic (exact) mass is 262 g/mol. The van der Waals surface area contributed by atoms with Crippen molar-refractivity contribution in [2.45, 2.75) is 13.1 Å². The highest BCUT2D eigenvalue weighted by Gasteiger charge is 2.17. The van der Waals surface area contributed by atoms with Crippen molar-refractivity contribution in [1.82, 2.24) is 19.4 Å². The maximum absolute atomic E-state index is 12.2. The Bertz CT molecular complexity index is 574. The Morgan fingerprint density at radius 3 is 2.95 bits per heavy atom. The van der Waals surface area contributed by atoms with Crippen molar-refractivity contribution in [2.75, 3.05) is 7.05 Å². The van der Waals surface area contributed by atoms with Gasteiger partial charge in [0.05, 0.1) is 6.54 Å². The average Bonchev–Trinajstić information content (AvgIpc) is 2.98. The molecular formula is C12H14N4O3. The number of amides is 1. The normalized spacial score (nSPS) is 10.4. The molecule has 2 heterocycles. The summed E-state index contributed by atoms with van der Waals surface area (Å²) in [5.41, 5.74) is 0.344. The first-order chi connectivity index (χ1) is 9.08. The lowest BCUT2D eigenvalue weighted by molar-refractivity contribution is -0.137. The first kappa shape index (κ1) is 12.9. The van der Waals surface area contributed by atoms with Gasteiger partial charge in [-0.05, 0) is 12.1 Å². The molecule has 2 aromatic rings. The molecule has 0 spiro atoms. The zero-order chi connectivity index (χ0) is 13.8. The molecule has 0 aromatic carbocycles. The highest BCUT2D eigenvalue weighted by molar-refractivity contribution is 5.92. The van der Waals surface area contributed by atoms with E-state index in [1.807, 2.05) is 0 Å². The lowest BCUT2D eigenvalue weighted by Gasteiger charge is -2.16. The zero-order valence-electron chi connectivity index (χ0n) is 10.4. The van der Waals surface area contributed by atoms with Gasteiger partial charge < -0.3 is 19.6 Å². The Kier molecular flexibility index (Phi) is 3.65. The quantitative estimate of drug-likeness (QED) is 0.824. The van der Waals surface area contributed by atoms with E-state index in [9.17, 15) is 9.59 Å². The van der Waals surface area contributed by atoms with E-state index >= 15 is 0 Å². The van der Waals surface area contributed by atoms with Crippen molar-refractivity contribution >= 4 is 11.9 Å². The molecule has 100 valence electrons. The molecule has 1 amide bonds. The molecule has 2 rings (SSSR count). The maximum atomic E-state index is 12.2. The maximum Gasteiger partial charge on any atom is 0.323 e. The Hall–Kier alpha value is -2.57. The predicted molar refractivity (Wildman–Crippen MR) is 66.5 cm³/mol. The van der Waals surface area contributed by atoms with Crippen LogP contribution in [0.3, 0.4) is 0 Å². The zero-order valence-corrected chi connectivity index (χ0v) is 10.4. The summed E-state index contributed by atoms with van der Waals surface area (Å²) >= 11 is 0. The van der Waals surface area contributed by atoms with E-state index in [0.717, 1.165) is 0 Å². The number of imidazole rings is 1. The summed E-state index contributed by atoms with van der Waals surface area (Å²) in [5.74, 6) is -0.561. The third-order valence-corrected chi connectivity index (χ3v) is 2.64.